The van der Waals surface area contributed by atoms with Crippen molar-refractivity contribution in [2.45, 2.75) is 37.6 Å². The number of alkyl halides is 3. The van der Waals surface area contributed by atoms with Crippen LogP contribution < -0.4 is 0 Å². The van der Waals surface area contributed by atoms with Crippen LogP contribution in [0.25, 0.3) is 0 Å². The Bertz CT molecular complexity index is 270. The molecule has 0 amide bonds. The molecule has 7 heteroatoms. The van der Waals surface area contributed by atoms with Gasteiger partial charge in [-0.05, 0) is 19.9 Å². The molecule has 0 radical (unpaired) electrons. The van der Waals surface area contributed by atoms with E-state index in [0.29, 0.717) is 19.4 Å². The Hall–Kier alpha value is -0.820. The van der Waals surface area contributed by atoms with Gasteiger partial charge in [-0.1, -0.05) is 0 Å². The van der Waals surface area contributed by atoms with Gasteiger partial charge in [-0.3, -0.25) is 0 Å². The number of ether oxygens (including phenoxy) is 1. The molecule has 1 saturated heterocycles. The van der Waals surface area contributed by atoms with Crippen LogP contribution in [0, 0.1) is 0 Å². The average molecular weight is 255 g/mol. The molecule has 0 spiro atoms. The normalized spacial score (nSPS) is 25.5. The highest BCUT2D eigenvalue weighted by atomic mass is 19.4. The second kappa shape index (κ2) is 5.68. The van der Waals surface area contributed by atoms with E-state index in [1.165, 1.54) is 4.90 Å². The zero-order chi connectivity index (χ0) is 13.1. The fourth-order valence-corrected chi connectivity index (χ4v) is 1.78. The third-order valence-electron chi connectivity index (χ3n) is 2.68. The number of carbonyl (C=O) groups is 1. The lowest BCUT2D eigenvalue weighted by atomic mass is 10.2. The fraction of sp³-hybridized carbons (Fsp3) is 0.900. The van der Waals surface area contributed by atoms with Crippen LogP contribution in [0.2, 0.25) is 0 Å². The minimum absolute atomic E-state index is 0.0961. The van der Waals surface area contributed by atoms with Gasteiger partial charge in [0.15, 0.2) is 6.10 Å². The molecule has 0 aliphatic carbocycles. The Morgan fingerprint density at radius 3 is 2.59 bits per heavy atom. The summed E-state index contributed by atoms with van der Waals surface area (Å²) in [5.74, 6) is -1.01. The molecule has 0 aromatic carbocycles. The topological polar surface area (TPSA) is 49.8 Å². The maximum absolute atomic E-state index is 12.0. The van der Waals surface area contributed by atoms with E-state index in [9.17, 15) is 18.0 Å². The van der Waals surface area contributed by atoms with Crippen molar-refractivity contribution in [3.8, 4) is 0 Å². The minimum atomic E-state index is -4.16. The number of halogens is 3. The van der Waals surface area contributed by atoms with Crippen molar-refractivity contribution in [3.05, 3.63) is 0 Å². The summed E-state index contributed by atoms with van der Waals surface area (Å²) >= 11 is 0. The number of hydrogen-bond acceptors (Lipinski definition) is 3. The highest BCUT2D eigenvalue weighted by molar-refractivity contribution is 5.72. The Kier molecular flexibility index (Phi) is 4.76. The van der Waals surface area contributed by atoms with Crippen molar-refractivity contribution in [2.75, 3.05) is 20.1 Å². The summed E-state index contributed by atoms with van der Waals surface area (Å²) in [5.41, 5.74) is 0. The van der Waals surface area contributed by atoms with Gasteiger partial charge < -0.3 is 14.7 Å². The zero-order valence-electron chi connectivity index (χ0n) is 9.54. The van der Waals surface area contributed by atoms with Crippen molar-refractivity contribution in [2.24, 2.45) is 0 Å². The Labute approximate surface area is 97.3 Å². The van der Waals surface area contributed by atoms with Gasteiger partial charge in [0.25, 0.3) is 0 Å². The molecule has 4 nitrogen and oxygen atoms in total. The molecular formula is C10H16F3NO3. The quantitative estimate of drug-likeness (QED) is 0.809. The van der Waals surface area contributed by atoms with Crippen LogP contribution >= 0.6 is 0 Å². The molecule has 1 heterocycles. The maximum atomic E-state index is 12.0. The summed E-state index contributed by atoms with van der Waals surface area (Å²) in [6, 6.07) is 0. The number of likely N-dealkylation sites (N-methyl/N-ethyl adjacent to an activating group) is 1. The van der Waals surface area contributed by atoms with Gasteiger partial charge in [0.1, 0.15) is 0 Å². The van der Waals surface area contributed by atoms with Crippen molar-refractivity contribution < 1.29 is 27.8 Å². The highest BCUT2D eigenvalue weighted by Crippen LogP contribution is 2.22. The molecule has 0 saturated carbocycles. The Morgan fingerprint density at radius 2 is 2.12 bits per heavy atom. The Balaban J connectivity index is 2.24. The van der Waals surface area contributed by atoms with Crippen LogP contribution in [-0.4, -0.2) is 54.5 Å². The molecule has 0 aromatic heterocycles. The van der Waals surface area contributed by atoms with Gasteiger partial charge in [0.05, 0.1) is 12.5 Å². The van der Waals surface area contributed by atoms with Crippen LogP contribution in [0.3, 0.4) is 0 Å². The number of aliphatic carboxylic acids is 1. The van der Waals surface area contributed by atoms with Gasteiger partial charge in [-0.15, -0.1) is 0 Å². The summed E-state index contributed by atoms with van der Waals surface area (Å²) in [5, 5.41) is 8.69. The molecule has 1 fully saturated rings. The van der Waals surface area contributed by atoms with E-state index in [4.69, 9.17) is 9.84 Å². The van der Waals surface area contributed by atoms with Crippen molar-refractivity contribution >= 4 is 5.97 Å². The highest BCUT2D eigenvalue weighted by Gasteiger charge is 2.32. The first kappa shape index (κ1) is 14.2. The number of hydrogen-bond donors (Lipinski definition) is 1. The summed E-state index contributed by atoms with van der Waals surface area (Å²) in [7, 11) is 1.57. The smallest absolute Gasteiger partial charge is 0.390 e. The van der Waals surface area contributed by atoms with E-state index in [1.54, 1.807) is 7.05 Å². The van der Waals surface area contributed by atoms with Crippen molar-refractivity contribution in [1.29, 1.82) is 0 Å². The first-order valence-electron chi connectivity index (χ1n) is 5.41. The second-order valence-electron chi connectivity index (χ2n) is 4.29. The molecule has 0 aromatic rings. The van der Waals surface area contributed by atoms with E-state index in [2.05, 4.69) is 0 Å². The lowest BCUT2D eigenvalue weighted by Gasteiger charge is -2.21. The first-order valence-corrected chi connectivity index (χ1v) is 5.41. The molecule has 0 bridgehead atoms. The molecule has 2 unspecified atom stereocenters. The molecule has 17 heavy (non-hydrogen) atoms. The largest absolute Gasteiger partial charge is 0.479 e. The molecular weight excluding hydrogens is 239 g/mol. The Morgan fingerprint density at radius 1 is 1.47 bits per heavy atom. The predicted octanol–water partition coefficient (Wildman–Crippen LogP) is 1.50. The fourth-order valence-electron chi connectivity index (χ4n) is 1.78. The van der Waals surface area contributed by atoms with E-state index in [0.717, 1.165) is 0 Å². The zero-order valence-corrected chi connectivity index (χ0v) is 9.54. The SMILES string of the molecule is CN(CCC(F)(F)F)CC1CCC(C(=O)O)O1. The number of carboxylic acids is 1. The van der Waals surface area contributed by atoms with Crippen LogP contribution in [0.4, 0.5) is 13.2 Å². The molecule has 1 rings (SSSR count). The van der Waals surface area contributed by atoms with E-state index < -0.39 is 24.7 Å². The van der Waals surface area contributed by atoms with Crippen LogP contribution in [0.1, 0.15) is 19.3 Å². The summed E-state index contributed by atoms with van der Waals surface area (Å²) in [4.78, 5) is 12.1. The molecule has 100 valence electrons. The van der Waals surface area contributed by atoms with Crippen molar-refractivity contribution in [3.63, 3.8) is 0 Å². The lowest BCUT2D eigenvalue weighted by Crippen LogP contribution is -2.33. The van der Waals surface area contributed by atoms with E-state index >= 15 is 0 Å². The average Bonchev–Trinajstić information content (AvgIpc) is 2.62. The predicted molar refractivity (Wildman–Crippen MR) is 53.7 cm³/mol. The van der Waals surface area contributed by atoms with Crippen LogP contribution in [0.5, 0.6) is 0 Å². The number of nitrogens with zero attached hydrogens (tertiary/aromatic N) is 1. The third kappa shape index (κ3) is 5.36. The standard InChI is InChI=1S/C10H16F3NO3/c1-14(5-4-10(11,12)13)6-7-2-3-8(17-7)9(15)16/h7-8H,2-6H2,1H3,(H,15,16). The summed E-state index contributed by atoms with van der Waals surface area (Å²) in [6.07, 6.45) is -5.11. The van der Waals surface area contributed by atoms with Gasteiger partial charge in [-0.2, -0.15) is 13.2 Å². The number of rotatable bonds is 5. The van der Waals surface area contributed by atoms with Crippen LogP contribution in [-0.2, 0) is 9.53 Å². The molecule has 1 N–H and O–H groups in total. The van der Waals surface area contributed by atoms with E-state index in [-0.39, 0.29) is 12.6 Å². The van der Waals surface area contributed by atoms with Crippen LogP contribution in [0.15, 0.2) is 0 Å². The van der Waals surface area contributed by atoms with Crippen molar-refractivity contribution in [1.82, 2.24) is 4.90 Å². The second-order valence-corrected chi connectivity index (χ2v) is 4.29. The monoisotopic (exact) mass is 255 g/mol. The third-order valence-corrected chi connectivity index (χ3v) is 2.68. The van der Waals surface area contributed by atoms with E-state index in [1.807, 2.05) is 0 Å². The summed E-state index contributed by atoms with van der Waals surface area (Å²) in [6.45, 7) is 0.237. The minimum Gasteiger partial charge on any atom is -0.479 e. The lowest BCUT2D eigenvalue weighted by molar-refractivity contribution is -0.149. The van der Waals surface area contributed by atoms with Gasteiger partial charge >= 0.3 is 12.1 Å². The summed E-state index contributed by atoms with van der Waals surface area (Å²) < 4.78 is 41.1. The first-order chi connectivity index (χ1) is 7.78. The maximum Gasteiger partial charge on any atom is 0.390 e. The molecule has 2 atom stereocenters. The van der Waals surface area contributed by atoms with Gasteiger partial charge in [-0.25, -0.2) is 4.79 Å². The van der Waals surface area contributed by atoms with Gasteiger partial charge in [0.2, 0.25) is 0 Å². The van der Waals surface area contributed by atoms with Gasteiger partial charge in [0, 0.05) is 13.1 Å². The molecule has 1 aliphatic rings. The number of carboxylic acid groups (broad SMARTS) is 1. The molecule has 1 aliphatic heterocycles.